The highest BCUT2D eigenvalue weighted by molar-refractivity contribution is 9.10. The summed E-state index contributed by atoms with van der Waals surface area (Å²) in [6.45, 7) is 3.00. The fourth-order valence-corrected chi connectivity index (χ4v) is 3.48. The van der Waals surface area contributed by atoms with Gasteiger partial charge in [-0.25, -0.2) is 0 Å². The molecule has 116 valence electrons. The standard InChI is InChI=1S/C17H24BrNO2/c1-11-2-7-16(15(18)8-11)21-10-14(20)9-19-17(12-3-4-12)13-5-6-13/h2,7-8,12-14,17,19-20H,3-6,9-10H2,1H3. The van der Waals surface area contributed by atoms with E-state index < -0.39 is 6.10 Å². The topological polar surface area (TPSA) is 41.5 Å². The molecule has 0 heterocycles. The van der Waals surface area contributed by atoms with Crippen molar-refractivity contribution in [2.24, 2.45) is 11.8 Å². The second kappa shape index (κ2) is 6.67. The van der Waals surface area contributed by atoms with Crippen LogP contribution in [0.2, 0.25) is 0 Å². The molecule has 0 saturated heterocycles. The maximum Gasteiger partial charge on any atom is 0.133 e. The molecule has 0 radical (unpaired) electrons. The Balaban J connectivity index is 1.42. The molecule has 2 saturated carbocycles. The van der Waals surface area contributed by atoms with Crippen molar-refractivity contribution < 1.29 is 9.84 Å². The number of hydrogen-bond acceptors (Lipinski definition) is 3. The Morgan fingerprint density at radius 3 is 2.52 bits per heavy atom. The molecule has 0 amide bonds. The van der Waals surface area contributed by atoms with Gasteiger partial charge in [-0.05, 0) is 78.1 Å². The molecule has 2 aliphatic carbocycles. The Labute approximate surface area is 135 Å². The van der Waals surface area contributed by atoms with Gasteiger partial charge in [0, 0.05) is 12.6 Å². The highest BCUT2D eigenvalue weighted by Gasteiger charge is 2.41. The SMILES string of the molecule is Cc1ccc(OCC(O)CNC(C2CC2)C2CC2)c(Br)c1. The summed E-state index contributed by atoms with van der Waals surface area (Å²) in [5.41, 5.74) is 1.19. The largest absolute Gasteiger partial charge is 0.490 e. The summed E-state index contributed by atoms with van der Waals surface area (Å²) >= 11 is 3.49. The molecule has 2 fully saturated rings. The smallest absolute Gasteiger partial charge is 0.133 e. The number of nitrogens with one attached hydrogen (secondary N) is 1. The summed E-state index contributed by atoms with van der Waals surface area (Å²) in [5, 5.41) is 13.7. The zero-order chi connectivity index (χ0) is 14.8. The molecular weight excluding hydrogens is 330 g/mol. The average molecular weight is 354 g/mol. The summed E-state index contributed by atoms with van der Waals surface area (Å²) in [7, 11) is 0. The fraction of sp³-hybridized carbons (Fsp3) is 0.647. The number of aliphatic hydroxyl groups excluding tert-OH is 1. The number of aryl methyl sites for hydroxylation is 1. The molecule has 2 aliphatic rings. The van der Waals surface area contributed by atoms with Crippen LogP contribution in [0.3, 0.4) is 0 Å². The minimum atomic E-state index is -0.460. The zero-order valence-corrected chi connectivity index (χ0v) is 14.1. The summed E-state index contributed by atoms with van der Waals surface area (Å²) in [5.74, 6) is 2.51. The predicted octanol–water partition coefficient (Wildman–Crippen LogP) is 3.28. The van der Waals surface area contributed by atoms with Crippen LogP contribution >= 0.6 is 15.9 Å². The summed E-state index contributed by atoms with van der Waals surface area (Å²) < 4.78 is 6.64. The Morgan fingerprint density at radius 2 is 1.95 bits per heavy atom. The van der Waals surface area contributed by atoms with Crippen LogP contribution in [0.15, 0.2) is 22.7 Å². The number of benzene rings is 1. The van der Waals surface area contributed by atoms with Crippen LogP contribution in [0.5, 0.6) is 5.75 Å². The lowest BCUT2D eigenvalue weighted by Gasteiger charge is -2.20. The lowest BCUT2D eigenvalue weighted by atomic mass is 10.1. The molecule has 3 nitrogen and oxygen atoms in total. The van der Waals surface area contributed by atoms with E-state index in [2.05, 4.69) is 21.2 Å². The van der Waals surface area contributed by atoms with Gasteiger partial charge in [-0.1, -0.05) is 6.07 Å². The zero-order valence-electron chi connectivity index (χ0n) is 12.5. The normalized spacial score (nSPS) is 19.8. The van der Waals surface area contributed by atoms with E-state index in [1.165, 1.54) is 31.2 Å². The maximum absolute atomic E-state index is 10.1. The van der Waals surface area contributed by atoms with E-state index in [9.17, 15) is 5.11 Å². The van der Waals surface area contributed by atoms with Crippen LogP contribution in [-0.2, 0) is 0 Å². The van der Waals surface area contributed by atoms with Gasteiger partial charge < -0.3 is 15.2 Å². The van der Waals surface area contributed by atoms with Crippen LogP contribution in [0.1, 0.15) is 31.2 Å². The van der Waals surface area contributed by atoms with Crippen molar-refractivity contribution in [1.82, 2.24) is 5.32 Å². The Morgan fingerprint density at radius 1 is 1.29 bits per heavy atom. The molecule has 1 aromatic rings. The highest BCUT2D eigenvalue weighted by Crippen LogP contribution is 2.44. The first-order valence-electron chi connectivity index (χ1n) is 7.94. The first-order valence-corrected chi connectivity index (χ1v) is 8.73. The summed E-state index contributed by atoms with van der Waals surface area (Å²) in [6, 6.07) is 6.61. The van der Waals surface area contributed by atoms with Gasteiger partial charge in [-0.3, -0.25) is 0 Å². The molecule has 2 N–H and O–H groups in total. The number of aliphatic hydroxyl groups is 1. The third-order valence-corrected chi connectivity index (χ3v) is 4.99. The van der Waals surface area contributed by atoms with E-state index in [1.54, 1.807) is 0 Å². The Hall–Kier alpha value is -0.580. The van der Waals surface area contributed by atoms with Crippen LogP contribution in [-0.4, -0.2) is 30.4 Å². The summed E-state index contributed by atoms with van der Waals surface area (Å²) in [4.78, 5) is 0. The lowest BCUT2D eigenvalue weighted by Crippen LogP contribution is -2.40. The molecule has 1 atom stereocenters. The molecule has 1 unspecified atom stereocenters. The van der Waals surface area contributed by atoms with Crippen molar-refractivity contribution in [3.63, 3.8) is 0 Å². The van der Waals surface area contributed by atoms with Gasteiger partial charge in [0.05, 0.1) is 4.47 Å². The van der Waals surface area contributed by atoms with Gasteiger partial charge in [-0.2, -0.15) is 0 Å². The molecule has 4 heteroatoms. The minimum absolute atomic E-state index is 0.330. The van der Waals surface area contributed by atoms with Gasteiger partial charge in [0.25, 0.3) is 0 Å². The lowest BCUT2D eigenvalue weighted by molar-refractivity contribution is 0.101. The highest BCUT2D eigenvalue weighted by atomic mass is 79.9. The van der Waals surface area contributed by atoms with E-state index >= 15 is 0 Å². The van der Waals surface area contributed by atoms with Crippen LogP contribution in [0, 0.1) is 18.8 Å². The van der Waals surface area contributed by atoms with Gasteiger partial charge >= 0.3 is 0 Å². The van der Waals surface area contributed by atoms with E-state index in [4.69, 9.17) is 4.74 Å². The number of halogens is 1. The molecule has 3 rings (SSSR count). The monoisotopic (exact) mass is 353 g/mol. The Kier molecular flexibility index (Phi) is 4.87. The van der Waals surface area contributed by atoms with Gasteiger partial charge in [0.2, 0.25) is 0 Å². The molecule has 0 bridgehead atoms. The minimum Gasteiger partial charge on any atom is -0.490 e. The predicted molar refractivity (Wildman–Crippen MR) is 87.6 cm³/mol. The van der Waals surface area contributed by atoms with Crippen molar-refractivity contribution in [3.05, 3.63) is 28.2 Å². The van der Waals surface area contributed by atoms with Crippen molar-refractivity contribution in [2.75, 3.05) is 13.2 Å². The molecule has 0 aromatic heterocycles. The van der Waals surface area contributed by atoms with Crippen molar-refractivity contribution >= 4 is 15.9 Å². The molecule has 0 aliphatic heterocycles. The van der Waals surface area contributed by atoms with Crippen LogP contribution < -0.4 is 10.1 Å². The second-order valence-corrected chi connectivity index (χ2v) is 7.36. The van der Waals surface area contributed by atoms with Crippen molar-refractivity contribution in [2.45, 2.75) is 44.8 Å². The first kappa shape index (κ1) is 15.3. The first-order chi connectivity index (χ1) is 10.1. The quantitative estimate of drug-likeness (QED) is 0.753. The molecule has 21 heavy (non-hydrogen) atoms. The number of ether oxygens (including phenoxy) is 1. The molecule has 1 aromatic carbocycles. The second-order valence-electron chi connectivity index (χ2n) is 6.51. The van der Waals surface area contributed by atoms with Crippen LogP contribution in [0.25, 0.3) is 0 Å². The number of hydrogen-bond donors (Lipinski definition) is 2. The van der Waals surface area contributed by atoms with Crippen molar-refractivity contribution in [1.29, 1.82) is 0 Å². The molecule has 0 spiro atoms. The third-order valence-electron chi connectivity index (χ3n) is 4.37. The summed E-state index contributed by atoms with van der Waals surface area (Å²) in [6.07, 6.45) is 4.97. The van der Waals surface area contributed by atoms with Gasteiger partial charge in [0.15, 0.2) is 0 Å². The fourth-order valence-electron chi connectivity index (χ4n) is 2.87. The van der Waals surface area contributed by atoms with E-state index in [-0.39, 0.29) is 0 Å². The van der Waals surface area contributed by atoms with Crippen LogP contribution in [0.4, 0.5) is 0 Å². The van der Waals surface area contributed by atoms with Gasteiger partial charge in [-0.15, -0.1) is 0 Å². The van der Waals surface area contributed by atoms with E-state index in [0.29, 0.717) is 19.2 Å². The maximum atomic E-state index is 10.1. The molecular formula is C17H24BrNO2. The van der Waals surface area contributed by atoms with Crippen molar-refractivity contribution in [3.8, 4) is 5.75 Å². The number of rotatable bonds is 8. The van der Waals surface area contributed by atoms with Gasteiger partial charge in [0.1, 0.15) is 18.5 Å². The van der Waals surface area contributed by atoms with E-state index in [0.717, 1.165) is 22.1 Å². The Bertz CT molecular complexity index is 474. The third kappa shape index (κ3) is 4.44. The average Bonchev–Trinajstić information content (AvgIpc) is 3.31. The van der Waals surface area contributed by atoms with E-state index in [1.807, 2.05) is 25.1 Å².